The number of anilines is 1. The maximum Gasteiger partial charge on any atom is 0.253 e. The molecule has 2 N–H and O–H groups in total. The van der Waals surface area contributed by atoms with E-state index in [2.05, 4.69) is 20.6 Å². The fraction of sp³-hybridized carbons (Fsp3) is 0.421. The molecule has 2 aromatic rings. The van der Waals surface area contributed by atoms with E-state index in [0.717, 1.165) is 32.2 Å². The Bertz CT molecular complexity index is 778. The van der Waals surface area contributed by atoms with Crippen molar-refractivity contribution in [2.75, 3.05) is 11.9 Å². The number of halogens is 2. The first kappa shape index (κ1) is 18.6. The van der Waals surface area contributed by atoms with E-state index < -0.39 is 0 Å². The second kappa shape index (κ2) is 8.45. The minimum Gasteiger partial charge on any atom is -0.383 e. The van der Waals surface area contributed by atoms with E-state index in [1.807, 2.05) is 0 Å². The second-order valence-electron chi connectivity index (χ2n) is 6.75. The molecule has 0 saturated heterocycles. The van der Waals surface area contributed by atoms with Crippen LogP contribution in [0, 0.1) is 18.7 Å². The normalized spacial score (nSPS) is 19.8. The Morgan fingerprint density at radius 3 is 2.73 bits per heavy atom. The Morgan fingerprint density at radius 1 is 1.23 bits per heavy atom. The van der Waals surface area contributed by atoms with Crippen LogP contribution in [-0.2, 0) is 0 Å². The molecule has 0 bridgehead atoms. The lowest BCUT2D eigenvalue weighted by molar-refractivity contribution is 0.0921. The lowest BCUT2D eigenvalue weighted by Gasteiger charge is -2.29. The number of pyridine rings is 2. The van der Waals surface area contributed by atoms with Gasteiger partial charge in [-0.15, -0.1) is 0 Å². The van der Waals surface area contributed by atoms with Crippen LogP contribution in [0.4, 0.5) is 10.1 Å². The molecule has 7 heteroatoms. The molecule has 26 heavy (non-hydrogen) atoms. The third kappa shape index (κ3) is 4.91. The first-order valence-corrected chi connectivity index (χ1v) is 9.16. The summed E-state index contributed by atoms with van der Waals surface area (Å²) < 4.78 is 13.1. The molecular weight excluding hydrogens is 355 g/mol. The third-order valence-electron chi connectivity index (χ3n) is 4.78. The van der Waals surface area contributed by atoms with Gasteiger partial charge in [0.05, 0.1) is 34.4 Å². The summed E-state index contributed by atoms with van der Waals surface area (Å²) in [5.41, 5.74) is 1.90. The van der Waals surface area contributed by atoms with Crippen molar-refractivity contribution in [1.29, 1.82) is 0 Å². The number of carbonyl (C=O) groups is 1. The van der Waals surface area contributed by atoms with E-state index in [1.54, 1.807) is 25.4 Å². The molecule has 0 aromatic carbocycles. The summed E-state index contributed by atoms with van der Waals surface area (Å²) in [6.07, 6.45) is 8.21. The van der Waals surface area contributed by atoms with Crippen LogP contribution in [0.15, 0.2) is 30.7 Å². The van der Waals surface area contributed by atoms with Crippen molar-refractivity contribution in [1.82, 2.24) is 15.3 Å². The predicted molar refractivity (Wildman–Crippen MR) is 99.9 cm³/mol. The quantitative estimate of drug-likeness (QED) is 0.828. The zero-order valence-corrected chi connectivity index (χ0v) is 15.4. The summed E-state index contributed by atoms with van der Waals surface area (Å²) in [4.78, 5) is 20.4. The van der Waals surface area contributed by atoms with Crippen molar-refractivity contribution >= 4 is 23.2 Å². The molecule has 1 saturated carbocycles. The van der Waals surface area contributed by atoms with Crippen molar-refractivity contribution in [3.05, 3.63) is 52.8 Å². The van der Waals surface area contributed by atoms with Crippen LogP contribution in [0.2, 0.25) is 5.02 Å². The molecule has 0 atom stereocenters. The van der Waals surface area contributed by atoms with Gasteiger partial charge >= 0.3 is 0 Å². The number of amides is 1. The Morgan fingerprint density at radius 2 is 2.00 bits per heavy atom. The number of aryl methyl sites for hydroxylation is 1. The van der Waals surface area contributed by atoms with Crippen LogP contribution in [0.1, 0.15) is 41.7 Å². The van der Waals surface area contributed by atoms with Gasteiger partial charge in [-0.25, -0.2) is 4.39 Å². The molecule has 0 spiro atoms. The fourth-order valence-electron chi connectivity index (χ4n) is 3.28. The lowest BCUT2D eigenvalue weighted by Crippen LogP contribution is -2.38. The van der Waals surface area contributed by atoms with Gasteiger partial charge in [0.1, 0.15) is 5.82 Å². The molecule has 2 aromatic heterocycles. The largest absolute Gasteiger partial charge is 0.383 e. The molecule has 0 radical (unpaired) electrons. The first-order chi connectivity index (χ1) is 12.5. The summed E-state index contributed by atoms with van der Waals surface area (Å²) in [5.74, 6) is 0.0399. The molecule has 3 rings (SSSR count). The van der Waals surface area contributed by atoms with Crippen molar-refractivity contribution in [3.63, 3.8) is 0 Å². The van der Waals surface area contributed by atoms with Gasteiger partial charge in [-0.2, -0.15) is 0 Å². The number of hydrogen-bond donors (Lipinski definition) is 2. The SMILES string of the molecule is Cc1ncc(Cl)cc1C(=O)NC1CCC(CNc2cncc(F)c2)CC1. The van der Waals surface area contributed by atoms with Crippen molar-refractivity contribution in [2.45, 2.75) is 38.6 Å². The van der Waals surface area contributed by atoms with Crippen LogP contribution in [-0.4, -0.2) is 28.5 Å². The van der Waals surface area contributed by atoms with Gasteiger partial charge in [-0.1, -0.05) is 11.6 Å². The molecule has 2 heterocycles. The zero-order chi connectivity index (χ0) is 18.5. The molecule has 1 fully saturated rings. The first-order valence-electron chi connectivity index (χ1n) is 8.78. The number of nitrogens with zero attached hydrogens (tertiary/aromatic N) is 2. The number of rotatable bonds is 5. The fourth-order valence-corrected chi connectivity index (χ4v) is 3.44. The van der Waals surface area contributed by atoms with Crippen molar-refractivity contribution in [2.24, 2.45) is 5.92 Å². The van der Waals surface area contributed by atoms with Gasteiger partial charge in [0.2, 0.25) is 0 Å². The van der Waals surface area contributed by atoms with Crippen LogP contribution < -0.4 is 10.6 Å². The minimum atomic E-state index is -0.341. The highest BCUT2D eigenvalue weighted by Crippen LogP contribution is 2.25. The molecule has 0 aliphatic heterocycles. The molecule has 1 amide bonds. The van der Waals surface area contributed by atoms with Crippen LogP contribution in [0.25, 0.3) is 0 Å². The Kier molecular flexibility index (Phi) is 6.04. The van der Waals surface area contributed by atoms with E-state index in [1.165, 1.54) is 12.3 Å². The highest BCUT2D eigenvalue weighted by atomic mass is 35.5. The highest BCUT2D eigenvalue weighted by molar-refractivity contribution is 6.30. The van der Waals surface area contributed by atoms with E-state index in [-0.39, 0.29) is 17.8 Å². The Balaban J connectivity index is 1.46. The van der Waals surface area contributed by atoms with E-state index >= 15 is 0 Å². The van der Waals surface area contributed by atoms with Gasteiger partial charge in [-0.05, 0) is 44.6 Å². The lowest BCUT2D eigenvalue weighted by atomic mass is 9.86. The summed E-state index contributed by atoms with van der Waals surface area (Å²) in [6.45, 7) is 2.58. The maximum absolute atomic E-state index is 13.1. The highest BCUT2D eigenvalue weighted by Gasteiger charge is 2.23. The minimum absolute atomic E-state index is 0.120. The van der Waals surface area contributed by atoms with Gasteiger partial charge in [0.15, 0.2) is 0 Å². The average molecular weight is 377 g/mol. The average Bonchev–Trinajstić information content (AvgIpc) is 2.63. The number of hydrogen-bond acceptors (Lipinski definition) is 4. The van der Waals surface area contributed by atoms with Gasteiger partial charge in [0, 0.05) is 24.8 Å². The molecule has 5 nitrogen and oxygen atoms in total. The maximum atomic E-state index is 13.1. The summed E-state index contributed by atoms with van der Waals surface area (Å²) in [5, 5.41) is 6.79. The van der Waals surface area contributed by atoms with Crippen molar-refractivity contribution in [3.8, 4) is 0 Å². The Hall–Kier alpha value is -2.21. The summed E-state index contributed by atoms with van der Waals surface area (Å²) in [7, 11) is 0. The van der Waals surface area contributed by atoms with E-state index in [4.69, 9.17) is 11.6 Å². The molecule has 1 aliphatic carbocycles. The van der Waals surface area contributed by atoms with E-state index in [9.17, 15) is 9.18 Å². The predicted octanol–water partition coefficient (Wildman–Crippen LogP) is 3.98. The Labute approximate surface area is 157 Å². The van der Waals surface area contributed by atoms with Gasteiger partial charge in [0.25, 0.3) is 5.91 Å². The third-order valence-corrected chi connectivity index (χ3v) is 4.99. The zero-order valence-electron chi connectivity index (χ0n) is 14.6. The van der Waals surface area contributed by atoms with Gasteiger partial charge < -0.3 is 10.6 Å². The standard InChI is InChI=1S/C19H22ClFN4O/c1-12-18(6-14(20)9-23-12)19(26)25-16-4-2-13(3-5-16)8-24-17-7-15(21)10-22-11-17/h6-7,9-11,13,16,24H,2-5,8H2,1H3,(H,25,26). The topological polar surface area (TPSA) is 66.9 Å². The molecule has 0 unspecified atom stereocenters. The number of aromatic nitrogens is 2. The summed E-state index contributed by atoms with van der Waals surface area (Å²) in [6, 6.07) is 3.26. The second-order valence-corrected chi connectivity index (χ2v) is 7.19. The number of nitrogens with one attached hydrogen (secondary N) is 2. The van der Waals surface area contributed by atoms with Crippen LogP contribution in [0.3, 0.4) is 0 Å². The monoisotopic (exact) mass is 376 g/mol. The van der Waals surface area contributed by atoms with E-state index in [0.29, 0.717) is 27.9 Å². The molecule has 138 valence electrons. The van der Waals surface area contributed by atoms with Crippen LogP contribution >= 0.6 is 11.6 Å². The van der Waals surface area contributed by atoms with Crippen LogP contribution in [0.5, 0.6) is 0 Å². The molecule has 1 aliphatic rings. The van der Waals surface area contributed by atoms with Gasteiger partial charge in [-0.3, -0.25) is 14.8 Å². The smallest absolute Gasteiger partial charge is 0.253 e. The summed E-state index contributed by atoms with van der Waals surface area (Å²) >= 11 is 5.94. The molecular formula is C19H22ClFN4O. The van der Waals surface area contributed by atoms with Crippen molar-refractivity contribution < 1.29 is 9.18 Å². The number of carbonyl (C=O) groups excluding carboxylic acids is 1.